The predicted octanol–water partition coefficient (Wildman–Crippen LogP) is 2.04. The molecular formula is C19H29N3O2. The summed E-state index contributed by atoms with van der Waals surface area (Å²) >= 11 is 0. The van der Waals surface area contributed by atoms with Crippen LogP contribution in [0.15, 0.2) is 24.3 Å². The van der Waals surface area contributed by atoms with Gasteiger partial charge in [-0.25, -0.2) is 0 Å². The van der Waals surface area contributed by atoms with Crippen molar-refractivity contribution in [1.29, 1.82) is 0 Å². The van der Waals surface area contributed by atoms with Gasteiger partial charge in [-0.05, 0) is 32.8 Å². The van der Waals surface area contributed by atoms with E-state index in [1.165, 1.54) is 12.8 Å². The molecule has 2 aliphatic rings. The first-order chi connectivity index (χ1) is 11.6. The molecule has 3 atom stereocenters. The summed E-state index contributed by atoms with van der Waals surface area (Å²) in [5.74, 6) is 1.08. The Labute approximate surface area is 145 Å². The van der Waals surface area contributed by atoms with Gasteiger partial charge in [0, 0.05) is 37.3 Å². The van der Waals surface area contributed by atoms with Crippen molar-refractivity contribution in [2.24, 2.45) is 0 Å². The molecule has 0 spiro atoms. The van der Waals surface area contributed by atoms with Crippen LogP contribution >= 0.6 is 0 Å². The normalized spacial score (nSPS) is 28.1. The lowest BCUT2D eigenvalue weighted by Crippen LogP contribution is -2.52. The van der Waals surface area contributed by atoms with Crippen LogP contribution in [-0.2, 0) is 4.79 Å². The molecule has 132 valence electrons. The van der Waals surface area contributed by atoms with E-state index in [9.17, 15) is 4.79 Å². The van der Waals surface area contributed by atoms with Crippen molar-refractivity contribution >= 4 is 5.91 Å². The fraction of sp³-hybridized carbons (Fsp3) is 0.632. The molecule has 0 bridgehead atoms. The number of carbonyl (C=O) groups excluding carboxylic acids is 1. The van der Waals surface area contributed by atoms with E-state index in [4.69, 9.17) is 4.74 Å². The first-order valence-electron chi connectivity index (χ1n) is 9.00. The van der Waals surface area contributed by atoms with Gasteiger partial charge in [0.05, 0.1) is 19.7 Å². The molecular weight excluding hydrogens is 302 g/mol. The van der Waals surface area contributed by atoms with Crippen LogP contribution in [-0.4, -0.2) is 61.1 Å². The second kappa shape index (κ2) is 7.53. The average Bonchev–Trinajstić information content (AvgIpc) is 2.93. The molecule has 0 aliphatic carbocycles. The fourth-order valence-electron chi connectivity index (χ4n) is 4.03. The molecule has 1 N–H and O–H groups in total. The van der Waals surface area contributed by atoms with E-state index < -0.39 is 0 Å². The van der Waals surface area contributed by atoms with Crippen molar-refractivity contribution in [2.75, 3.05) is 33.3 Å². The highest BCUT2D eigenvalue weighted by atomic mass is 16.5. The molecule has 5 heteroatoms. The summed E-state index contributed by atoms with van der Waals surface area (Å²) in [5.41, 5.74) is 1.09. The lowest BCUT2D eigenvalue weighted by Gasteiger charge is -2.38. The molecule has 1 aromatic rings. The zero-order valence-corrected chi connectivity index (χ0v) is 15.0. The summed E-state index contributed by atoms with van der Waals surface area (Å²) in [5, 5.41) is 3.42. The van der Waals surface area contributed by atoms with Crippen LogP contribution in [0.4, 0.5) is 0 Å². The van der Waals surface area contributed by atoms with E-state index in [1.807, 2.05) is 23.1 Å². The monoisotopic (exact) mass is 331 g/mol. The molecule has 24 heavy (non-hydrogen) atoms. The van der Waals surface area contributed by atoms with E-state index in [0.717, 1.165) is 30.9 Å². The third kappa shape index (κ3) is 3.42. The third-order valence-electron chi connectivity index (χ3n) is 5.51. The Bertz CT molecular complexity index is 567. The smallest absolute Gasteiger partial charge is 0.237 e. The molecule has 1 aromatic carbocycles. The van der Waals surface area contributed by atoms with Gasteiger partial charge in [-0.3, -0.25) is 9.69 Å². The molecule has 0 aromatic heterocycles. The number of hydrogen-bond donors (Lipinski definition) is 1. The molecule has 2 aliphatic heterocycles. The largest absolute Gasteiger partial charge is 0.496 e. The Kier molecular flexibility index (Phi) is 5.41. The van der Waals surface area contributed by atoms with E-state index >= 15 is 0 Å². The van der Waals surface area contributed by atoms with Gasteiger partial charge in [-0.2, -0.15) is 0 Å². The summed E-state index contributed by atoms with van der Waals surface area (Å²) in [7, 11) is 1.69. The number of carbonyl (C=O) groups is 1. The zero-order chi connectivity index (χ0) is 17.1. The molecule has 5 nitrogen and oxygen atoms in total. The standard InChI is InChI=1S/C19H29N3O2/c1-14-8-9-15(2)22(14)13-19(23)21-11-10-20-12-17(21)16-6-4-5-7-18(16)24-3/h4-7,14-15,17,20H,8-13H2,1-3H3. The number of nitrogens with one attached hydrogen (secondary N) is 1. The van der Waals surface area contributed by atoms with Crippen molar-refractivity contribution < 1.29 is 9.53 Å². The number of amides is 1. The zero-order valence-electron chi connectivity index (χ0n) is 15.0. The van der Waals surface area contributed by atoms with Gasteiger partial charge >= 0.3 is 0 Å². The summed E-state index contributed by atoms with van der Waals surface area (Å²) < 4.78 is 5.52. The number of methoxy groups -OCH3 is 1. The summed E-state index contributed by atoms with van der Waals surface area (Å²) in [6.07, 6.45) is 2.37. The summed E-state index contributed by atoms with van der Waals surface area (Å²) in [6.45, 7) is 7.35. The van der Waals surface area contributed by atoms with Crippen LogP contribution < -0.4 is 10.1 Å². The Balaban J connectivity index is 1.78. The minimum Gasteiger partial charge on any atom is -0.496 e. The van der Waals surface area contributed by atoms with Gasteiger partial charge in [0.15, 0.2) is 0 Å². The summed E-state index contributed by atoms with van der Waals surface area (Å²) in [6, 6.07) is 9.05. The Morgan fingerprint density at radius 3 is 2.67 bits per heavy atom. The van der Waals surface area contributed by atoms with Crippen LogP contribution in [0.5, 0.6) is 5.75 Å². The second-order valence-corrected chi connectivity index (χ2v) is 7.00. The number of nitrogens with zero attached hydrogens (tertiary/aromatic N) is 2. The van der Waals surface area contributed by atoms with Crippen molar-refractivity contribution in [2.45, 2.75) is 44.8 Å². The molecule has 2 saturated heterocycles. The first kappa shape index (κ1) is 17.2. The number of piperazine rings is 1. The van der Waals surface area contributed by atoms with Gasteiger partial charge in [-0.15, -0.1) is 0 Å². The van der Waals surface area contributed by atoms with Crippen LogP contribution in [0, 0.1) is 0 Å². The van der Waals surface area contributed by atoms with Gasteiger partial charge in [0.2, 0.25) is 5.91 Å². The highest BCUT2D eigenvalue weighted by molar-refractivity contribution is 5.79. The van der Waals surface area contributed by atoms with Gasteiger partial charge in [-0.1, -0.05) is 18.2 Å². The molecule has 1 amide bonds. The maximum atomic E-state index is 13.0. The summed E-state index contributed by atoms with van der Waals surface area (Å²) in [4.78, 5) is 17.4. The Morgan fingerprint density at radius 1 is 1.25 bits per heavy atom. The van der Waals surface area contributed by atoms with E-state index in [-0.39, 0.29) is 11.9 Å². The number of hydrogen-bond acceptors (Lipinski definition) is 4. The fourth-order valence-corrected chi connectivity index (χ4v) is 4.03. The number of benzene rings is 1. The maximum Gasteiger partial charge on any atom is 0.237 e. The number of ether oxygens (including phenoxy) is 1. The van der Waals surface area contributed by atoms with Crippen molar-refractivity contribution in [3.05, 3.63) is 29.8 Å². The SMILES string of the molecule is COc1ccccc1C1CNCCN1C(=O)CN1C(C)CCC1C. The minimum absolute atomic E-state index is 0.0376. The van der Waals surface area contributed by atoms with E-state index in [2.05, 4.69) is 30.1 Å². The lowest BCUT2D eigenvalue weighted by atomic mass is 10.0. The number of likely N-dealkylation sites (tertiary alicyclic amines) is 1. The molecule has 3 unspecified atom stereocenters. The first-order valence-corrected chi connectivity index (χ1v) is 9.00. The van der Waals surface area contributed by atoms with Gasteiger partial charge in [0.1, 0.15) is 5.75 Å². The number of rotatable bonds is 4. The van der Waals surface area contributed by atoms with Crippen molar-refractivity contribution in [3.8, 4) is 5.75 Å². The van der Waals surface area contributed by atoms with E-state index in [1.54, 1.807) is 7.11 Å². The lowest BCUT2D eigenvalue weighted by molar-refractivity contribution is -0.136. The minimum atomic E-state index is 0.0376. The van der Waals surface area contributed by atoms with Crippen LogP contribution in [0.3, 0.4) is 0 Å². The molecule has 3 rings (SSSR count). The van der Waals surface area contributed by atoms with Gasteiger partial charge in [0.25, 0.3) is 0 Å². The van der Waals surface area contributed by atoms with Gasteiger partial charge < -0.3 is 15.0 Å². The van der Waals surface area contributed by atoms with Crippen LogP contribution in [0.2, 0.25) is 0 Å². The maximum absolute atomic E-state index is 13.0. The highest BCUT2D eigenvalue weighted by Crippen LogP contribution is 2.31. The Morgan fingerprint density at radius 2 is 1.96 bits per heavy atom. The van der Waals surface area contributed by atoms with Crippen LogP contribution in [0.1, 0.15) is 38.3 Å². The topological polar surface area (TPSA) is 44.8 Å². The highest BCUT2D eigenvalue weighted by Gasteiger charge is 2.34. The predicted molar refractivity (Wildman–Crippen MR) is 95.2 cm³/mol. The second-order valence-electron chi connectivity index (χ2n) is 7.00. The average molecular weight is 331 g/mol. The molecule has 2 fully saturated rings. The number of para-hydroxylation sites is 1. The third-order valence-corrected chi connectivity index (χ3v) is 5.51. The van der Waals surface area contributed by atoms with Crippen molar-refractivity contribution in [1.82, 2.24) is 15.1 Å². The van der Waals surface area contributed by atoms with E-state index in [0.29, 0.717) is 18.6 Å². The molecule has 2 heterocycles. The quantitative estimate of drug-likeness (QED) is 0.917. The van der Waals surface area contributed by atoms with Crippen molar-refractivity contribution in [3.63, 3.8) is 0 Å². The Hall–Kier alpha value is -1.59. The molecule has 0 radical (unpaired) electrons. The molecule has 0 saturated carbocycles. The van der Waals surface area contributed by atoms with Crippen LogP contribution in [0.25, 0.3) is 0 Å².